The van der Waals surface area contributed by atoms with Gasteiger partial charge in [0.05, 0.1) is 25.0 Å². The molecule has 20 heavy (non-hydrogen) atoms. The van der Waals surface area contributed by atoms with E-state index in [1.807, 2.05) is 42.3 Å². The van der Waals surface area contributed by atoms with Crippen LogP contribution in [0.15, 0.2) is 46.9 Å². The number of hydrogen-bond donors (Lipinski definition) is 1. The number of hydrogen-bond acceptors (Lipinski definition) is 5. The number of benzene rings is 1. The molecule has 2 aromatic rings. The lowest BCUT2D eigenvalue weighted by molar-refractivity contribution is -0.158. The zero-order valence-corrected chi connectivity index (χ0v) is 11.6. The molecule has 1 aliphatic rings. The molecule has 106 valence electrons. The highest BCUT2D eigenvalue weighted by Gasteiger charge is 2.33. The van der Waals surface area contributed by atoms with E-state index in [0.29, 0.717) is 12.5 Å². The van der Waals surface area contributed by atoms with Crippen LogP contribution in [0.2, 0.25) is 0 Å². The minimum Gasteiger partial charge on any atom is -0.464 e. The van der Waals surface area contributed by atoms with Gasteiger partial charge in [-0.15, -0.1) is 5.06 Å². The van der Waals surface area contributed by atoms with Crippen molar-refractivity contribution in [2.24, 2.45) is 5.73 Å². The van der Waals surface area contributed by atoms with E-state index in [9.17, 15) is 0 Å². The Balaban J connectivity index is 1.98. The topological polar surface area (TPSA) is 60.9 Å². The molecule has 0 radical (unpaired) electrons. The zero-order valence-electron chi connectivity index (χ0n) is 11.6. The van der Waals surface area contributed by atoms with Crippen molar-refractivity contribution in [1.29, 1.82) is 0 Å². The van der Waals surface area contributed by atoms with Crippen molar-refractivity contribution in [2.75, 3.05) is 13.7 Å². The molecular weight excluding hydrogens is 256 g/mol. The van der Waals surface area contributed by atoms with Gasteiger partial charge in [-0.3, -0.25) is 0 Å². The van der Waals surface area contributed by atoms with Crippen LogP contribution in [-0.2, 0) is 9.57 Å². The van der Waals surface area contributed by atoms with E-state index >= 15 is 0 Å². The van der Waals surface area contributed by atoms with Gasteiger partial charge in [-0.1, -0.05) is 18.2 Å². The van der Waals surface area contributed by atoms with Crippen molar-refractivity contribution < 1.29 is 14.0 Å². The standard InChI is InChI=1S/C15H18N2O3/c1-10(8-18-2)17-13(7-15(16)20-17)12-9-19-14-6-4-3-5-11(12)14/h3-7,9-10,13H,8,16H2,1-2H3. The van der Waals surface area contributed by atoms with Crippen LogP contribution in [0.1, 0.15) is 18.5 Å². The van der Waals surface area contributed by atoms with Crippen LogP contribution in [-0.4, -0.2) is 24.8 Å². The third-order valence-electron chi connectivity index (χ3n) is 3.48. The van der Waals surface area contributed by atoms with Gasteiger partial charge >= 0.3 is 0 Å². The number of nitrogens with two attached hydrogens (primary N) is 1. The summed E-state index contributed by atoms with van der Waals surface area (Å²) in [7, 11) is 1.67. The first kappa shape index (κ1) is 13.0. The molecule has 5 heteroatoms. The SMILES string of the molecule is COCC(C)N1OC(N)=CC1c1coc2ccccc12. The summed E-state index contributed by atoms with van der Waals surface area (Å²) in [6, 6.07) is 7.95. The van der Waals surface area contributed by atoms with E-state index in [2.05, 4.69) is 0 Å². The molecule has 5 nitrogen and oxygen atoms in total. The number of furan rings is 1. The summed E-state index contributed by atoms with van der Waals surface area (Å²) < 4.78 is 10.8. The molecule has 1 aliphatic heterocycles. The van der Waals surface area contributed by atoms with Crippen molar-refractivity contribution in [3.05, 3.63) is 48.1 Å². The van der Waals surface area contributed by atoms with Crippen molar-refractivity contribution in [1.82, 2.24) is 5.06 Å². The van der Waals surface area contributed by atoms with Gasteiger partial charge in [0.2, 0.25) is 5.88 Å². The van der Waals surface area contributed by atoms with E-state index in [-0.39, 0.29) is 12.1 Å². The minimum atomic E-state index is -0.0659. The maximum Gasteiger partial charge on any atom is 0.207 e. The lowest BCUT2D eigenvalue weighted by atomic mass is 10.0. The van der Waals surface area contributed by atoms with Gasteiger partial charge < -0.3 is 19.7 Å². The summed E-state index contributed by atoms with van der Waals surface area (Å²) in [6.45, 7) is 2.60. The minimum absolute atomic E-state index is 0.0659. The fraction of sp³-hybridized carbons (Fsp3) is 0.333. The van der Waals surface area contributed by atoms with Gasteiger partial charge in [-0.2, -0.15) is 0 Å². The van der Waals surface area contributed by atoms with Gasteiger partial charge in [-0.05, 0) is 13.0 Å². The first-order valence-electron chi connectivity index (χ1n) is 6.59. The summed E-state index contributed by atoms with van der Waals surface area (Å²) in [4.78, 5) is 5.61. The van der Waals surface area contributed by atoms with E-state index in [4.69, 9.17) is 19.7 Å². The maximum atomic E-state index is 5.83. The second kappa shape index (κ2) is 5.19. The van der Waals surface area contributed by atoms with E-state index in [1.165, 1.54) is 0 Å². The van der Waals surface area contributed by atoms with Crippen LogP contribution in [0.3, 0.4) is 0 Å². The highest BCUT2D eigenvalue weighted by atomic mass is 16.7. The fourth-order valence-corrected chi connectivity index (χ4v) is 2.57. The quantitative estimate of drug-likeness (QED) is 0.928. The van der Waals surface area contributed by atoms with E-state index in [0.717, 1.165) is 16.5 Å². The first-order chi connectivity index (χ1) is 9.70. The van der Waals surface area contributed by atoms with Gasteiger partial charge in [0, 0.05) is 24.1 Å². The normalized spacial score (nSPS) is 20.9. The molecule has 1 aromatic heterocycles. The number of para-hydroxylation sites is 1. The molecule has 0 amide bonds. The van der Waals surface area contributed by atoms with Gasteiger partial charge in [0.25, 0.3) is 0 Å². The molecule has 3 rings (SSSR count). The molecule has 0 aliphatic carbocycles. The Hall–Kier alpha value is -1.98. The molecule has 1 aromatic carbocycles. The third-order valence-corrected chi connectivity index (χ3v) is 3.48. The summed E-state index contributed by atoms with van der Waals surface area (Å²) in [5.74, 6) is 0.406. The lowest BCUT2D eigenvalue weighted by Crippen LogP contribution is -2.35. The number of ether oxygens (including phenoxy) is 1. The fourth-order valence-electron chi connectivity index (χ4n) is 2.57. The summed E-state index contributed by atoms with van der Waals surface area (Å²) in [6.07, 6.45) is 3.66. The average Bonchev–Trinajstić information content (AvgIpc) is 3.02. The van der Waals surface area contributed by atoms with Crippen LogP contribution in [0, 0.1) is 0 Å². The van der Waals surface area contributed by atoms with Gasteiger partial charge in [-0.25, -0.2) is 0 Å². The Bertz CT molecular complexity index is 635. The number of nitrogens with zero attached hydrogens (tertiary/aromatic N) is 1. The zero-order chi connectivity index (χ0) is 14.1. The van der Waals surface area contributed by atoms with Gasteiger partial charge in [0.1, 0.15) is 5.58 Å². The predicted octanol–water partition coefficient (Wildman–Crippen LogP) is 2.56. The molecule has 0 fully saturated rings. The number of fused-ring (bicyclic) bond motifs is 1. The number of hydroxylamine groups is 2. The van der Waals surface area contributed by atoms with Crippen molar-refractivity contribution in [2.45, 2.75) is 19.0 Å². The monoisotopic (exact) mass is 274 g/mol. The molecule has 0 bridgehead atoms. The molecule has 2 N–H and O–H groups in total. The number of methoxy groups -OCH3 is 1. The van der Waals surface area contributed by atoms with Crippen molar-refractivity contribution in [3.63, 3.8) is 0 Å². The number of rotatable bonds is 4. The Labute approximate surface area is 117 Å². The first-order valence-corrected chi connectivity index (χ1v) is 6.59. The third kappa shape index (κ3) is 2.15. The molecule has 2 atom stereocenters. The summed E-state index contributed by atoms with van der Waals surface area (Å²) in [5.41, 5.74) is 7.73. The van der Waals surface area contributed by atoms with Crippen LogP contribution in [0.5, 0.6) is 0 Å². The highest BCUT2D eigenvalue weighted by Crippen LogP contribution is 2.36. The van der Waals surface area contributed by atoms with Crippen LogP contribution in [0.4, 0.5) is 0 Å². The lowest BCUT2D eigenvalue weighted by Gasteiger charge is -2.27. The molecule has 0 saturated heterocycles. The largest absolute Gasteiger partial charge is 0.464 e. The Morgan fingerprint density at radius 2 is 2.20 bits per heavy atom. The Morgan fingerprint density at radius 3 is 3.00 bits per heavy atom. The van der Waals surface area contributed by atoms with Crippen LogP contribution >= 0.6 is 0 Å². The average molecular weight is 274 g/mol. The molecule has 2 unspecified atom stereocenters. The Kier molecular flexibility index (Phi) is 3.38. The van der Waals surface area contributed by atoms with E-state index in [1.54, 1.807) is 13.4 Å². The molecular formula is C15H18N2O3. The summed E-state index contributed by atoms with van der Waals surface area (Å²) >= 11 is 0. The molecule has 0 spiro atoms. The smallest absolute Gasteiger partial charge is 0.207 e. The molecule has 2 heterocycles. The predicted molar refractivity (Wildman–Crippen MR) is 75.5 cm³/mol. The van der Waals surface area contributed by atoms with Crippen molar-refractivity contribution in [3.8, 4) is 0 Å². The maximum absolute atomic E-state index is 5.83. The second-order valence-corrected chi connectivity index (χ2v) is 4.96. The van der Waals surface area contributed by atoms with Crippen molar-refractivity contribution >= 4 is 11.0 Å². The van der Waals surface area contributed by atoms with Gasteiger partial charge in [0.15, 0.2) is 0 Å². The summed E-state index contributed by atoms with van der Waals surface area (Å²) in [5, 5.41) is 2.91. The molecule has 0 saturated carbocycles. The highest BCUT2D eigenvalue weighted by molar-refractivity contribution is 5.81. The second-order valence-electron chi connectivity index (χ2n) is 4.96. The Morgan fingerprint density at radius 1 is 1.40 bits per heavy atom. The van der Waals surface area contributed by atoms with Crippen LogP contribution < -0.4 is 5.73 Å². The van der Waals surface area contributed by atoms with Crippen LogP contribution in [0.25, 0.3) is 11.0 Å². The van der Waals surface area contributed by atoms with E-state index < -0.39 is 0 Å².